The van der Waals surface area contributed by atoms with E-state index in [1.807, 2.05) is 0 Å². The Morgan fingerprint density at radius 1 is 1.23 bits per heavy atom. The van der Waals surface area contributed by atoms with E-state index >= 15 is 0 Å². The minimum absolute atomic E-state index is 0.176. The summed E-state index contributed by atoms with van der Waals surface area (Å²) in [4.78, 5) is 39.4. The fraction of sp³-hybridized carbons (Fsp3) is 0.235. The van der Waals surface area contributed by atoms with Gasteiger partial charge < -0.3 is 15.0 Å². The largest absolute Gasteiger partial charge is 0.462 e. The number of carbonyl (C=O) groups excluding carboxylic acids is 2. The molecule has 0 aliphatic heterocycles. The molecular formula is C17H17N5O3S. The molecule has 1 atom stereocenters. The second kappa shape index (κ2) is 7.96. The van der Waals surface area contributed by atoms with Gasteiger partial charge in [-0.15, -0.1) is 0 Å². The zero-order valence-corrected chi connectivity index (χ0v) is 15.0. The number of benzene rings is 1. The number of imidazole rings is 1. The lowest BCUT2D eigenvalue weighted by atomic mass is 10.2. The summed E-state index contributed by atoms with van der Waals surface area (Å²) >= 11 is 1.31. The Morgan fingerprint density at radius 3 is 2.73 bits per heavy atom. The standard InChI is InChI=1S/C17H17N5O3S/c1-3-25-17(24)11-4-6-12(7-5-11)22-15(23)10(2)26-16-13-14(19-8-18-13)20-9-21-16/h4-10H,3H2,1-2H3,(H,22,23)(H,18,19,20,21). The highest BCUT2D eigenvalue weighted by atomic mass is 32.2. The Bertz CT molecular complexity index is 926. The highest BCUT2D eigenvalue weighted by Crippen LogP contribution is 2.26. The monoisotopic (exact) mass is 371 g/mol. The highest BCUT2D eigenvalue weighted by Gasteiger charge is 2.18. The number of hydrogen-bond acceptors (Lipinski definition) is 7. The molecule has 9 heteroatoms. The molecule has 1 unspecified atom stereocenters. The van der Waals surface area contributed by atoms with Gasteiger partial charge in [-0.1, -0.05) is 11.8 Å². The number of esters is 1. The SMILES string of the molecule is CCOC(=O)c1ccc(NC(=O)C(C)Sc2ncnc3nc[nH]c23)cc1. The van der Waals surface area contributed by atoms with Gasteiger partial charge in [-0.25, -0.2) is 19.7 Å². The Kier molecular flexibility index (Phi) is 5.47. The minimum Gasteiger partial charge on any atom is -0.462 e. The molecule has 3 rings (SSSR count). The molecule has 26 heavy (non-hydrogen) atoms. The first kappa shape index (κ1) is 17.9. The van der Waals surface area contributed by atoms with Crippen LogP contribution in [0.15, 0.2) is 41.9 Å². The van der Waals surface area contributed by atoms with Crippen LogP contribution in [-0.2, 0) is 9.53 Å². The Morgan fingerprint density at radius 2 is 2.00 bits per heavy atom. The van der Waals surface area contributed by atoms with Gasteiger partial charge >= 0.3 is 5.97 Å². The first-order valence-corrected chi connectivity index (χ1v) is 8.85. The van der Waals surface area contributed by atoms with Crippen molar-refractivity contribution < 1.29 is 14.3 Å². The molecule has 0 saturated carbocycles. The van der Waals surface area contributed by atoms with E-state index in [-0.39, 0.29) is 17.1 Å². The van der Waals surface area contributed by atoms with E-state index in [4.69, 9.17) is 4.74 Å². The molecular weight excluding hydrogens is 354 g/mol. The van der Waals surface area contributed by atoms with Crippen LogP contribution in [0.1, 0.15) is 24.2 Å². The Hall–Kier alpha value is -2.94. The fourth-order valence-corrected chi connectivity index (χ4v) is 3.08. The number of hydrogen-bond donors (Lipinski definition) is 2. The third-order valence-corrected chi connectivity index (χ3v) is 4.61. The Labute approximate surface area is 153 Å². The maximum atomic E-state index is 12.4. The first-order chi connectivity index (χ1) is 12.6. The van der Waals surface area contributed by atoms with Gasteiger partial charge in [-0.2, -0.15) is 0 Å². The van der Waals surface area contributed by atoms with E-state index in [0.717, 1.165) is 0 Å². The molecule has 2 aromatic heterocycles. The van der Waals surface area contributed by atoms with E-state index in [0.29, 0.717) is 34.0 Å². The van der Waals surface area contributed by atoms with Crippen LogP contribution in [0.5, 0.6) is 0 Å². The molecule has 3 aromatic rings. The zero-order chi connectivity index (χ0) is 18.5. The molecule has 134 valence electrons. The Balaban J connectivity index is 1.64. The smallest absolute Gasteiger partial charge is 0.338 e. The third kappa shape index (κ3) is 3.99. The summed E-state index contributed by atoms with van der Waals surface area (Å²) in [6, 6.07) is 6.56. The first-order valence-electron chi connectivity index (χ1n) is 7.97. The zero-order valence-electron chi connectivity index (χ0n) is 14.2. The lowest BCUT2D eigenvalue weighted by Crippen LogP contribution is -2.22. The van der Waals surface area contributed by atoms with Crippen molar-refractivity contribution in [3.05, 3.63) is 42.5 Å². The van der Waals surface area contributed by atoms with Crippen molar-refractivity contribution in [2.45, 2.75) is 24.1 Å². The highest BCUT2D eigenvalue weighted by molar-refractivity contribution is 8.00. The topological polar surface area (TPSA) is 110 Å². The maximum absolute atomic E-state index is 12.4. The number of aromatic amines is 1. The van der Waals surface area contributed by atoms with Crippen LogP contribution in [0, 0.1) is 0 Å². The number of carbonyl (C=O) groups is 2. The fourth-order valence-electron chi connectivity index (χ4n) is 2.20. The van der Waals surface area contributed by atoms with Crippen molar-refractivity contribution in [1.29, 1.82) is 0 Å². The van der Waals surface area contributed by atoms with Crippen LogP contribution in [0.3, 0.4) is 0 Å². The molecule has 0 aliphatic carbocycles. The van der Waals surface area contributed by atoms with Crippen LogP contribution in [0.4, 0.5) is 5.69 Å². The van der Waals surface area contributed by atoms with Crippen LogP contribution >= 0.6 is 11.8 Å². The number of aromatic nitrogens is 4. The lowest BCUT2D eigenvalue weighted by Gasteiger charge is -2.12. The van der Waals surface area contributed by atoms with E-state index < -0.39 is 0 Å². The van der Waals surface area contributed by atoms with Crippen molar-refractivity contribution >= 4 is 40.5 Å². The minimum atomic E-state index is -0.388. The summed E-state index contributed by atoms with van der Waals surface area (Å²) < 4.78 is 4.93. The number of fused-ring (bicyclic) bond motifs is 1. The molecule has 0 saturated heterocycles. The normalized spacial score (nSPS) is 11.9. The van der Waals surface area contributed by atoms with E-state index in [1.54, 1.807) is 44.4 Å². The van der Waals surface area contributed by atoms with Gasteiger partial charge in [-0.05, 0) is 38.1 Å². The van der Waals surface area contributed by atoms with E-state index in [1.165, 1.54) is 18.1 Å². The number of nitrogens with zero attached hydrogens (tertiary/aromatic N) is 3. The molecule has 1 aromatic carbocycles. The molecule has 8 nitrogen and oxygen atoms in total. The number of thioether (sulfide) groups is 1. The number of rotatable bonds is 6. The molecule has 1 amide bonds. The van der Waals surface area contributed by atoms with Gasteiger partial charge in [0.1, 0.15) is 16.9 Å². The predicted molar refractivity (Wildman–Crippen MR) is 98.0 cm³/mol. The number of nitrogens with one attached hydrogen (secondary N) is 2. The average molecular weight is 371 g/mol. The number of amides is 1. The van der Waals surface area contributed by atoms with Crippen LogP contribution in [-0.4, -0.2) is 43.7 Å². The molecule has 0 radical (unpaired) electrons. The van der Waals surface area contributed by atoms with Crippen molar-refractivity contribution in [3.63, 3.8) is 0 Å². The predicted octanol–water partition coefficient (Wildman–Crippen LogP) is 2.65. The van der Waals surface area contributed by atoms with Crippen molar-refractivity contribution in [2.24, 2.45) is 0 Å². The second-order valence-electron chi connectivity index (χ2n) is 5.33. The van der Waals surface area contributed by atoms with Crippen LogP contribution in [0.25, 0.3) is 11.2 Å². The van der Waals surface area contributed by atoms with Crippen LogP contribution in [0.2, 0.25) is 0 Å². The van der Waals surface area contributed by atoms with Gasteiger partial charge in [0.25, 0.3) is 0 Å². The van der Waals surface area contributed by atoms with Gasteiger partial charge in [0.15, 0.2) is 5.65 Å². The van der Waals surface area contributed by atoms with Gasteiger partial charge in [0.05, 0.1) is 23.7 Å². The molecule has 0 bridgehead atoms. The van der Waals surface area contributed by atoms with Gasteiger partial charge in [0.2, 0.25) is 5.91 Å². The quantitative estimate of drug-likeness (QED) is 0.389. The second-order valence-corrected chi connectivity index (χ2v) is 6.66. The van der Waals surface area contributed by atoms with Gasteiger partial charge in [-0.3, -0.25) is 4.79 Å². The number of H-pyrrole nitrogens is 1. The maximum Gasteiger partial charge on any atom is 0.338 e. The summed E-state index contributed by atoms with van der Waals surface area (Å²) in [7, 11) is 0. The van der Waals surface area contributed by atoms with Crippen LogP contribution < -0.4 is 5.32 Å². The summed E-state index contributed by atoms with van der Waals surface area (Å²) in [5.41, 5.74) is 2.31. The molecule has 0 fully saturated rings. The average Bonchev–Trinajstić information content (AvgIpc) is 3.12. The van der Waals surface area contributed by atoms with Crippen molar-refractivity contribution in [1.82, 2.24) is 19.9 Å². The number of anilines is 1. The summed E-state index contributed by atoms with van der Waals surface area (Å²) in [5.74, 6) is -0.563. The van der Waals surface area contributed by atoms with Crippen molar-refractivity contribution in [2.75, 3.05) is 11.9 Å². The molecule has 2 N–H and O–H groups in total. The van der Waals surface area contributed by atoms with Gasteiger partial charge in [0, 0.05) is 5.69 Å². The lowest BCUT2D eigenvalue weighted by molar-refractivity contribution is -0.115. The molecule has 0 aliphatic rings. The summed E-state index contributed by atoms with van der Waals surface area (Å²) in [5, 5.41) is 3.09. The third-order valence-electron chi connectivity index (χ3n) is 3.51. The molecule has 2 heterocycles. The van der Waals surface area contributed by atoms with E-state index in [2.05, 4.69) is 25.3 Å². The van der Waals surface area contributed by atoms with E-state index in [9.17, 15) is 9.59 Å². The summed E-state index contributed by atoms with van der Waals surface area (Å²) in [6.45, 7) is 3.86. The molecule has 0 spiro atoms. The summed E-state index contributed by atoms with van der Waals surface area (Å²) in [6.07, 6.45) is 2.96. The number of ether oxygens (including phenoxy) is 1. The van der Waals surface area contributed by atoms with Crippen molar-refractivity contribution in [3.8, 4) is 0 Å².